The molecule has 2 N–H and O–H groups in total. The normalized spacial score (nSPS) is 11.7. The lowest BCUT2D eigenvalue weighted by atomic mass is 9.93. The largest absolute Gasteiger partial charge is 0.469 e. The number of hydrogen-bond acceptors (Lipinski definition) is 10. The molecule has 11 nitrogen and oxygen atoms in total. The third-order valence-corrected chi connectivity index (χ3v) is 3.41. The summed E-state index contributed by atoms with van der Waals surface area (Å²) >= 11 is 0. The molecular weight excluding hydrogens is 354 g/mol. The lowest BCUT2D eigenvalue weighted by molar-refractivity contribution is -0.162. The van der Waals surface area contributed by atoms with Gasteiger partial charge in [0.05, 0.1) is 41.3 Å². The van der Waals surface area contributed by atoms with Crippen LogP contribution in [0.25, 0.3) is 0 Å². The standard InChI is InChI=1S/C15H23NO10/c1-23-10(17)6-5-9(13(20)26-4)16-14(21)15(22,7-11(18)24-2)8-12(19)25-3/h9,22H,5-8H2,1-4H3,(H,16,21). The van der Waals surface area contributed by atoms with Crippen molar-refractivity contribution >= 4 is 29.8 Å². The summed E-state index contributed by atoms with van der Waals surface area (Å²) in [7, 11) is 4.28. The Morgan fingerprint density at radius 2 is 1.31 bits per heavy atom. The summed E-state index contributed by atoms with van der Waals surface area (Å²) < 4.78 is 17.8. The topological polar surface area (TPSA) is 155 Å². The van der Waals surface area contributed by atoms with E-state index in [1.54, 1.807) is 0 Å². The van der Waals surface area contributed by atoms with Gasteiger partial charge in [0, 0.05) is 6.42 Å². The highest BCUT2D eigenvalue weighted by molar-refractivity contribution is 5.95. The molecule has 0 aromatic rings. The van der Waals surface area contributed by atoms with E-state index in [0.29, 0.717) is 0 Å². The Morgan fingerprint density at radius 1 is 0.846 bits per heavy atom. The van der Waals surface area contributed by atoms with Crippen LogP contribution in [-0.2, 0) is 42.9 Å². The van der Waals surface area contributed by atoms with Crippen molar-refractivity contribution in [3.63, 3.8) is 0 Å². The maximum Gasteiger partial charge on any atom is 0.328 e. The highest BCUT2D eigenvalue weighted by atomic mass is 16.5. The molecule has 1 atom stereocenters. The van der Waals surface area contributed by atoms with Crippen molar-refractivity contribution in [3.8, 4) is 0 Å². The molecule has 148 valence electrons. The van der Waals surface area contributed by atoms with E-state index < -0.39 is 54.3 Å². The first-order valence-electron chi connectivity index (χ1n) is 7.45. The van der Waals surface area contributed by atoms with Gasteiger partial charge in [-0.25, -0.2) is 4.79 Å². The van der Waals surface area contributed by atoms with Gasteiger partial charge in [-0.1, -0.05) is 0 Å². The van der Waals surface area contributed by atoms with Crippen molar-refractivity contribution in [2.75, 3.05) is 28.4 Å². The molecule has 0 spiro atoms. The molecule has 0 aromatic carbocycles. The second kappa shape index (κ2) is 11.0. The van der Waals surface area contributed by atoms with Gasteiger partial charge in [-0.3, -0.25) is 19.2 Å². The molecule has 0 radical (unpaired) electrons. The molecule has 1 amide bonds. The molecule has 0 heterocycles. The summed E-state index contributed by atoms with van der Waals surface area (Å²) in [5.74, 6) is -4.65. The first-order valence-corrected chi connectivity index (χ1v) is 7.45. The van der Waals surface area contributed by atoms with E-state index >= 15 is 0 Å². The summed E-state index contributed by atoms with van der Waals surface area (Å²) in [6.45, 7) is 0. The molecule has 0 aromatic heterocycles. The number of ether oxygens (including phenoxy) is 4. The van der Waals surface area contributed by atoms with Crippen molar-refractivity contribution in [3.05, 3.63) is 0 Å². The van der Waals surface area contributed by atoms with Crippen LogP contribution in [0.1, 0.15) is 25.7 Å². The molecule has 0 fully saturated rings. The molecule has 1 unspecified atom stereocenters. The van der Waals surface area contributed by atoms with E-state index in [4.69, 9.17) is 0 Å². The number of nitrogens with one attached hydrogen (secondary N) is 1. The van der Waals surface area contributed by atoms with Crippen LogP contribution < -0.4 is 5.32 Å². The van der Waals surface area contributed by atoms with E-state index in [9.17, 15) is 29.1 Å². The van der Waals surface area contributed by atoms with Crippen LogP contribution >= 0.6 is 0 Å². The zero-order valence-corrected chi connectivity index (χ0v) is 15.0. The van der Waals surface area contributed by atoms with Crippen molar-refractivity contribution in [1.82, 2.24) is 5.32 Å². The van der Waals surface area contributed by atoms with Gasteiger partial charge in [-0.15, -0.1) is 0 Å². The molecule has 11 heteroatoms. The number of methoxy groups -OCH3 is 4. The smallest absolute Gasteiger partial charge is 0.328 e. The van der Waals surface area contributed by atoms with Crippen LogP contribution in [0, 0.1) is 0 Å². The van der Waals surface area contributed by atoms with Crippen molar-refractivity contribution in [1.29, 1.82) is 0 Å². The fraction of sp³-hybridized carbons (Fsp3) is 0.667. The molecule has 0 aliphatic carbocycles. The molecule has 0 saturated carbocycles. The number of amides is 1. The number of aliphatic hydroxyl groups is 1. The predicted molar refractivity (Wildman–Crippen MR) is 83.4 cm³/mol. The summed E-state index contributed by atoms with van der Waals surface area (Å²) in [5, 5.41) is 12.6. The van der Waals surface area contributed by atoms with E-state index in [2.05, 4.69) is 24.3 Å². The molecule has 0 rings (SSSR count). The van der Waals surface area contributed by atoms with Gasteiger partial charge >= 0.3 is 23.9 Å². The molecule has 0 aliphatic rings. The fourth-order valence-corrected chi connectivity index (χ4v) is 1.89. The van der Waals surface area contributed by atoms with Gasteiger partial charge in [0.15, 0.2) is 5.60 Å². The van der Waals surface area contributed by atoms with Crippen molar-refractivity contribution < 1.29 is 48.0 Å². The number of hydrogen-bond donors (Lipinski definition) is 2. The SMILES string of the molecule is COC(=O)CCC(NC(=O)C(O)(CC(=O)OC)CC(=O)OC)C(=O)OC. The monoisotopic (exact) mass is 377 g/mol. The zero-order chi connectivity index (χ0) is 20.3. The Labute approximate surface area is 149 Å². The van der Waals surface area contributed by atoms with E-state index in [0.717, 1.165) is 28.4 Å². The van der Waals surface area contributed by atoms with Gasteiger partial charge in [-0.05, 0) is 6.42 Å². The van der Waals surface area contributed by atoms with Gasteiger partial charge < -0.3 is 29.4 Å². The molecule has 26 heavy (non-hydrogen) atoms. The quantitative estimate of drug-likeness (QED) is 0.338. The Morgan fingerprint density at radius 3 is 1.69 bits per heavy atom. The Hall–Kier alpha value is -2.69. The second-order valence-corrected chi connectivity index (χ2v) is 5.20. The van der Waals surface area contributed by atoms with Crippen molar-refractivity contribution in [2.45, 2.75) is 37.3 Å². The third-order valence-electron chi connectivity index (χ3n) is 3.41. The van der Waals surface area contributed by atoms with Crippen LogP contribution in [0.2, 0.25) is 0 Å². The number of carbonyl (C=O) groups excluding carboxylic acids is 5. The van der Waals surface area contributed by atoms with Gasteiger partial charge in [-0.2, -0.15) is 0 Å². The van der Waals surface area contributed by atoms with E-state index in [1.807, 2.05) is 0 Å². The van der Waals surface area contributed by atoms with E-state index in [-0.39, 0.29) is 12.8 Å². The lowest BCUT2D eigenvalue weighted by Crippen LogP contribution is -2.54. The van der Waals surface area contributed by atoms with Crippen LogP contribution in [0.15, 0.2) is 0 Å². The fourth-order valence-electron chi connectivity index (χ4n) is 1.89. The Bertz CT molecular complexity index is 527. The maximum absolute atomic E-state index is 12.4. The minimum atomic E-state index is -2.52. The zero-order valence-electron chi connectivity index (χ0n) is 15.0. The van der Waals surface area contributed by atoms with Gasteiger partial charge in [0.1, 0.15) is 6.04 Å². The Kier molecular flexibility index (Phi) is 9.89. The third kappa shape index (κ3) is 7.47. The van der Waals surface area contributed by atoms with Crippen LogP contribution in [0.4, 0.5) is 0 Å². The summed E-state index contributed by atoms with van der Waals surface area (Å²) in [6, 6.07) is -1.31. The second-order valence-electron chi connectivity index (χ2n) is 5.20. The minimum absolute atomic E-state index is 0.183. The lowest BCUT2D eigenvalue weighted by Gasteiger charge is -2.27. The van der Waals surface area contributed by atoms with Crippen LogP contribution in [0.5, 0.6) is 0 Å². The van der Waals surface area contributed by atoms with Crippen LogP contribution in [0.3, 0.4) is 0 Å². The number of esters is 4. The average molecular weight is 377 g/mol. The molecule has 0 saturated heterocycles. The van der Waals surface area contributed by atoms with Gasteiger partial charge in [0.2, 0.25) is 0 Å². The van der Waals surface area contributed by atoms with Gasteiger partial charge in [0.25, 0.3) is 5.91 Å². The minimum Gasteiger partial charge on any atom is -0.469 e. The highest BCUT2D eigenvalue weighted by Crippen LogP contribution is 2.19. The van der Waals surface area contributed by atoms with E-state index in [1.165, 1.54) is 0 Å². The number of rotatable bonds is 10. The summed E-state index contributed by atoms with van der Waals surface area (Å²) in [5.41, 5.74) is -2.52. The number of carbonyl (C=O) groups is 5. The summed E-state index contributed by atoms with van der Waals surface area (Å²) in [6.07, 6.45) is -2.11. The summed E-state index contributed by atoms with van der Waals surface area (Å²) in [4.78, 5) is 58.3. The van der Waals surface area contributed by atoms with Crippen molar-refractivity contribution in [2.24, 2.45) is 0 Å². The van der Waals surface area contributed by atoms with Crippen LogP contribution in [-0.4, -0.2) is 75.0 Å². The predicted octanol–water partition coefficient (Wildman–Crippen LogP) is -1.55. The first kappa shape index (κ1) is 23.3. The Balaban J connectivity index is 5.35. The maximum atomic E-state index is 12.4. The molecule has 0 bridgehead atoms. The molecule has 0 aliphatic heterocycles. The first-order chi connectivity index (χ1) is 12.1. The highest BCUT2D eigenvalue weighted by Gasteiger charge is 2.43. The average Bonchev–Trinajstić information content (AvgIpc) is 2.63. The molecular formula is C15H23NO10.